The Balaban J connectivity index is 2.87. The number of hydrogen-bond acceptors (Lipinski definition) is 4. The smallest absolute Gasteiger partial charge is 0.235 e. The summed E-state index contributed by atoms with van der Waals surface area (Å²) in [5.41, 5.74) is 6.54. The number of nitrogens with two attached hydrogens (primary N) is 1. The average Bonchev–Trinajstić information content (AvgIpc) is 2.29. The van der Waals surface area contributed by atoms with Gasteiger partial charge in [-0.1, -0.05) is 19.9 Å². The van der Waals surface area contributed by atoms with E-state index in [4.69, 9.17) is 5.73 Å². The molecular weight excluding hydrogens is 264 g/mol. The van der Waals surface area contributed by atoms with Crippen molar-refractivity contribution >= 4 is 21.4 Å². The molecule has 106 valence electrons. The lowest BCUT2D eigenvalue weighted by molar-refractivity contribution is -0.118. The van der Waals surface area contributed by atoms with Crippen molar-refractivity contribution in [3.63, 3.8) is 0 Å². The van der Waals surface area contributed by atoms with Gasteiger partial charge in [0.1, 0.15) is 5.75 Å². The van der Waals surface area contributed by atoms with Crippen LogP contribution in [0.2, 0.25) is 0 Å². The zero-order valence-electron chi connectivity index (χ0n) is 11.4. The topological polar surface area (TPSA) is 89.3 Å². The van der Waals surface area contributed by atoms with Gasteiger partial charge in [0.15, 0.2) is 9.84 Å². The van der Waals surface area contributed by atoms with Gasteiger partial charge in [0.25, 0.3) is 0 Å². The third-order valence-corrected chi connectivity index (χ3v) is 4.33. The van der Waals surface area contributed by atoms with E-state index in [9.17, 15) is 13.2 Å². The van der Waals surface area contributed by atoms with Crippen LogP contribution < -0.4 is 11.1 Å². The Morgan fingerprint density at radius 3 is 2.58 bits per heavy atom. The highest BCUT2D eigenvalue weighted by Crippen LogP contribution is 2.19. The molecule has 0 aromatic heterocycles. The van der Waals surface area contributed by atoms with E-state index in [2.05, 4.69) is 5.32 Å². The van der Waals surface area contributed by atoms with Gasteiger partial charge in [-0.2, -0.15) is 0 Å². The largest absolute Gasteiger partial charge is 0.399 e. The Labute approximate surface area is 114 Å². The monoisotopic (exact) mass is 284 g/mol. The number of rotatable bonds is 5. The van der Waals surface area contributed by atoms with Crippen LogP contribution in [-0.4, -0.2) is 26.6 Å². The number of amides is 1. The first-order valence-electron chi connectivity index (χ1n) is 6.08. The van der Waals surface area contributed by atoms with Gasteiger partial charge < -0.3 is 11.1 Å². The van der Waals surface area contributed by atoms with E-state index in [0.29, 0.717) is 17.8 Å². The summed E-state index contributed by atoms with van der Waals surface area (Å²) >= 11 is 0. The fraction of sp³-hybridized carbons (Fsp3) is 0.462. The number of carbonyl (C=O) groups is 1. The summed E-state index contributed by atoms with van der Waals surface area (Å²) in [5.74, 6) is -0.763. The Morgan fingerprint density at radius 2 is 2.00 bits per heavy atom. The van der Waals surface area contributed by atoms with Crippen LogP contribution in [0.1, 0.15) is 19.4 Å². The molecule has 0 heterocycles. The summed E-state index contributed by atoms with van der Waals surface area (Å²) in [7, 11) is -3.65. The van der Waals surface area contributed by atoms with Crippen LogP contribution in [0.3, 0.4) is 0 Å². The fourth-order valence-electron chi connectivity index (χ4n) is 1.57. The fourth-order valence-corrected chi connectivity index (χ4v) is 3.05. The minimum absolute atomic E-state index is 0.118. The first-order chi connectivity index (χ1) is 8.72. The molecule has 1 rings (SSSR count). The van der Waals surface area contributed by atoms with E-state index in [1.807, 2.05) is 13.8 Å². The maximum absolute atomic E-state index is 12.1. The van der Waals surface area contributed by atoms with E-state index in [1.165, 1.54) is 6.07 Å². The van der Waals surface area contributed by atoms with Crippen molar-refractivity contribution in [3.8, 4) is 0 Å². The lowest BCUT2D eigenvalue weighted by atomic mass is 10.2. The number of hydrogen-bond donors (Lipinski definition) is 2. The molecule has 6 heteroatoms. The zero-order chi connectivity index (χ0) is 14.6. The molecule has 3 N–H and O–H groups in total. The van der Waals surface area contributed by atoms with Crippen molar-refractivity contribution in [2.45, 2.75) is 25.7 Å². The zero-order valence-corrected chi connectivity index (χ0v) is 12.3. The minimum atomic E-state index is -3.65. The molecular formula is C13H20N2O3S. The Hall–Kier alpha value is -1.56. The SMILES string of the molecule is Cc1ccc(N)cc1S(=O)(=O)CC(=O)NCC(C)C. The number of benzene rings is 1. The number of nitrogens with one attached hydrogen (secondary N) is 1. The van der Waals surface area contributed by atoms with Gasteiger partial charge in [0, 0.05) is 12.2 Å². The highest BCUT2D eigenvalue weighted by atomic mass is 32.2. The van der Waals surface area contributed by atoms with Crippen molar-refractivity contribution in [1.29, 1.82) is 0 Å². The Kier molecular flexibility index (Phi) is 4.94. The van der Waals surface area contributed by atoms with Gasteiger partial charge >= 0.3 is 0 Å². The highest BCUT2D eigenvalue weighted by Gasteiger charge is 2.21. The Morgan fingerprint density at radius 1 is 1.37 bits per heavy atom. The molecule has 1 aromatic carbocycles. The van der Waals surface area contributed by atoms with Crippen LogP contribution >= 0.6 is 0 Å². The molecule has 0 radical (unpaired) electrons. The van der Waals surface area contributed by atoms with Crippen molar-refractivity contribution < 1.29 is 13.2 Å². The normalized spacial score (nSPS) is 11.6. The Bertz CT molecular complexity index is 565. The summed E-state index contributed by atoms with van der Waals surface area (Å²) < 4.78 is 24.3. The molecule has 0 bridgehead atoms. The molecule has 5 nitrogen and oxygen atoms in total. The van der Waals surface area contributed by atoms with Gasteiger partial charge in [-0.25, -0.2) is 8.42 Å². The second-order valence-corrected chi connectivity index (χ2v) is 6.94. The second-order valence-electron chi connectivity index (χ2n) is 4.98. The van der Waals surface area contributed by atoms with Crippen LogP contribution in [0, 0.1) is 12.8 Å². The lowest BCUT2D eigenvalue weighted by Crippen LogP contribution is -2.33. The van der Waals surface area contributed by atoms with Crippen LogP contribution in [0.5, 0.6) is 0 Å². The van der Waals surface area contributed by atoms with Crippen LogP contribution in [0.25, 0.3) is 0 Å². The molecule has 0 spiro atoms. The summed E-state index contributed by atoms with van der Waals surface area (Å²) in [6, 6.07) is 4.65. The first kappa shape index (κ1) is 15.5. The molecule has 0 saturated heterocycles. The first-order valence-corrected chi connectivity index (χ1v) is 7.73. The summed E-state index contributed by atoms with van der Waals surface area (Å²) in [4.78, 5) is 11.7. The quantitative estimate of drug-likeness (QED) is 0.793. The predicted molar refractivity (Wildman–Crippen MR) is 75.5 cm³/mol. The molecule has 0 aliphatic heterocycles. The van der Waals surface area contributed by atoms with E-state index in [1.54, 1.807) is 19.1 Å². The molecule has 0 atom stereocenters. The third-order valence-electron chi connectivity index (χ3n) is 2.58. The van der Waals surface area contributed by atoms with Crippen molar-refractivity contribution in [1.82, 2.24) is 5.32 Å². The maximum Gasteiger partial charge on any atom is 0.235 e. The molecule has 0 unspecified atom stereocenters. The highest BCUT2D eigenvalue weighted by molar-refractivity contribution is 7.92. The van der Waals surface area contributed by atoms with Crippen molar-refractivity contribution in [2.75, 3.05) is 18.0 Å². The predicted octanol–water partition coefficient (Wildman–Crippen LogP) is 1.12. The minimum Gasteiger partial charge on any atom is -0.399 e. The standard InChI is InChI=1S/C13H20N2O3S/c1-9(2)7-15-13(16)8-19(17,18)12-6-11(14)5-4-10(12)3/h4-6,9H,7-8,14H2,1-3H3,(H,15,16). The van der Waals surface area contributed by atoms with Gasteiger partial charge in [-0.05, 0) is 30.5 Å². The van der Waals surface area contributed by atoms with Gasteiger partial charge in [0.2, 0.25) is 5.91 Å². The van der Waals surface area contributed by atoms with Gasteiger partial charge in [0.05, 0.1) is 4.90 Å². The molecule has 1 aromatic rings. The molecule has 0 aliphatic rings. The van der Waals surface area contributed by atoms with E-state index >= 15 is 0 Å². The van der Waals surface area contributed by atoms with E-state index in [0.717, 1.165) is 0 Å². The van der Waals surface area contributed by atoms with E-state index < -0.39 is 21.5 Å². The van der Waals surface area contributed by atoms with Crippen molar-refractivity contribution in [2.24, 2.45) is 5.92 Å². The summed E-state index contributed by atoms with van der Waals surface area (Å²) in [6.45, 7) is 6.02. The molecule has 0 saturated carbocycles. The number of sulfone groups is 1. The maximum atomic E-state index is 12.1. The van der Waals surface area contributed by atoms with E-state index in [-0.39, 0.29) is 10.8 Å². The number of nitrogen functional groups attached to an aromatic ring is 1. The number of anilines is 1. The van der Waals surface area contributed by atoms with Gasteiger partial charge in [-0.15, -0.1) is 0 Å². The molecule has 0 fully saturated rings. The molecule has 19 heavy (non-hydrogen) atoms. The lowest BCUT2D eigenvalue weighted by Gasteiger charge is -2.10. The van der Waals surface area contributed by atoms with Crippen LogP contribution in [0.4, 0.5) is 5.69 Å². The van der Waals surface area contributed by atoms with Crippen LogP contribution in [-0.2, 0) is 14.6 Å². The average molecular weight is 284 g/mol. The summed E-state index contributed by atoms with van der Waals surface area (Å²) in [6.07, 6.45) is 0. The molecule has 1 amide bonds. The van der Waals surface area contributed by atoms with Crippen LogP contribution in [0.15, 0.2) is 23.1 Å². The number of carbonyl (C=O) groups excluding carboxylic acids is 1. The third kappa shape index (κ3) is 4.55. The molecule has 0 aliphatic carbocycles. The second kappa shape index (κ2) is 6.06. The van der Waals surface area contributed by atoms with Crippen molar-refractivity contribution in [3.05, 3.63) is 23.8 Å². The van der Waals surface area contributed by atoms with Gasteiger partial charge in [-0.3, -0.25) is 4.79 Å². The number of aryl methyl sites for hydroxylation is 1. The summed E-state index contributed by atoms with van der Waals surface area (Å²) in [5, 5.41) is 2.59.